The summed E-state index contributed by atoms with van der Waals surface area (Å²) in [5, 5.41) is 8.64. The summed E-state index contributed by atoms with van der Waals surface area (Å²) < 4.78 is 10.5. The fraction of sp³-hybridized carbons (Fsp3) is 0.250. The number of methoxy groups -OCH3 is 2. The summed E-state index contributed by atoms with van der Waals surface area (Å²) in [7, 11) is 3.21. The van der Waals surface area contributed by atoms with Crippen LogP contribution in [0, 0.1) is 0 Å². The van der Waals surface area contributed by atoms with E-state index in [1.807, 2.05) is 41.8 Å². The minimum atomic E-state index is -0.0600. The number of pyridine rings is 1. The lowest BCUT2D eigenvalue weighted by Crippen LogP contribution is -2.27. The Balaban J connectivity index is 1.46. The van der Waals surface area contributed by atoms with Gasteiger partial charge in [0.15, 0.2) is 16.6 Å². The van der Waals surface area contributed by atoms with Gasteiger partial charge < -0.3 is 20.1 Å². The van der Waals surface area contributed by atoms with Crippen molar-refractivity contribution in [3.05, 3.63) is 59.2 Å². The molecule has 0 fully saturated rings. The summed E-state index contributed by atoms with van der Waals surface area (Å²) >= 11 is 1.45. The van der Waals surface area contributed by atoms with Crippen molar-refractivity contribution in [2.75, 3.05) is 26.1 Å². The molecule has 0 spiro atoms. The summed E-state index contributed by atoms with van der Waals surface area (Å²) in [4.78, 5) is 20.8. The number of carbonyl (C=O) groups is 1. The highest BCUT2D eigenvalue weighted by Gasteiger charge is 2.09. The first-order chi connectivity index (χ1) is 13.7. The quantitative estimate of drug-likeness (QED) is 0.576. The molecule has 0 radical (unpaired) electrons. The van der Waals surface area contributed by atoms with E-state index in [4.69, 9.17) is 9.47 Å². The van der Waals surface area contributed by atoms with E-state index in [9.17, 15) is 4.79 Å². The number of nitrogens with one attached hydrogen (secondary N) is 2. The lowest BCUT2D eigenvalue weighted by atomic mass is 10.1. The van der Waals surface area contributed by atoms with Crippen molar-refractivity contribution in [2.45, 2.75) is 12.8 Å². The van der Waals surface area contributed by atoms with Gasteiger partial charge in [0.25, 0.3) is 0 Å². The van der Waals surface area contributed by atoms with Gasteiger partial charge in [0.1, 0.15) is 5.82 Å². The molecule has 0 unspecified atom stereocenters. The van der Waals surface area contributed by atoms with Crippen LogP contribution in [0.15, 0.2) is 48.0 Å². The van der Waals surface area contributed by atoms with E-state index in [1.54, 1.807) is 20.4 Å². The number of thiazole rings is 1. The topological polar surface area (TPSA) is 85.4 Å². The molecule has 0 bridgehead atoms. The Morgan fingerprint density at radius 3 is 2.75 bits per heavy atom. The first-order valence-electron chi connectivity index (χ1n) is 8.78. The van der Waals surface area contributed by atoms with Crippen molar-refractivity contribution in [3.8, 4) is 11.5 Å². The van der Waals surface area contributed by atoms with E-state index in [-0.39, 0.29) is 12.3 Å². The predicted molar refractivity (Wildman–Crippen MR) is 110 cm³/mol. The van der Waals surface area contributed by atoms with Crippen LogP contribution in [-0.4, -0.2) is 36.6 Å². The summed E-state index contributed by atoms with van der Waals surface area (Å²) in [6, 6.07) is 11.4. The molecule has 2 aromatic heterocycles. The molecule has 146 valence electrons. The van der Waals surface area contributed by atoms with Gasteiger partial charge in [-0.1, -0.05) is 12.1 Å². The largest absolute Gasteiger partial charge is 0.493 e. The van der Waals surface area contributed by atoms with E-state index in [2.05, 4.69) is 20.6 Å². The van der Waals surface area contributed by atoms with Gasteiger partial charge in [-0.05, 0) is 36.2 Å². The maximum atomic E-state index is 12.2. The highest BCUT2D eigenvalue weighted by molar-refractivity contribution is 7.13. The van der Waals surface area contributed by atoms with E-state index in [0.29, 0.717) is 29.6 Å². The van der Waals surface area contributed by atoms with Gasteiger partial charge in [-0.3, -0.25) is 4.79 Å². The normalized spacial score (nSPS) is 10.4. The molecule has 3 rings (SSSR count). The number of aromatic nitrogens is 2. The zero-order chi connectivity index (χ0) is 19.8. The predicted octanol–water partition coefficient (Wildman–Crippen LogP) is 3.20. The van der Waals surface area contributed by atoms with Gasteiger partial charge in [-0.2, -0.15) is 0 Å². The van der Waals surface area contributed by atoms with E-state index in [1.165, 1.54) is 11.3 Å². The monoisotopic (exact) mass is 398 g/mol. The number of nitrogens with zero attached hydrogens (tertiary/aromatic N) is 2. The summed E-state index contributed by atoms with van der Waals surface area (Å²) in [5.74, 6) is 2.04. The van der Waals surface area contributed by atoms with E-state index in [0.717, 1.165) is 17.1 Å². The lowest BCUT2D eigenvalue weighted by molar-refractivity contribution is -0.120. The molecule has 1 amide bonds. The third-order valence-corrected chi connectivity index (χ3v) is 4.78. The first-order valence-corrected chi connectivity index (χ1v) is 9.66. The van der Waals surface area contributed by atoms with E-state index < -0.39 is 0 Å². The molecule has 0 saturated heterocycles. The molecule has 7 nitrogen and oxygen atoms in total. The van der Waals surface area contributed by atoms with Crippen molar-refractivity contribution < 1.29 is 14.3 Å². The van der Waals surface area contributed by atoms with Gasteiger partial charge in [0, 0.05) is 18.1 Å². The molecule has 2 N–H and O–H groups in total. The number of amides is 1. The summed E-state index contributed by atoms with van der Waals surface area (Å²) in [6.07, 6.45) is 2.66. The number of rotatable bonds is 9. The maximum Gasteiger partial charge on any atom is 0.226 e. The van der Waals surface area contributed by atoms with Crippen LogP contribution in [0.3, 0.4) is 0 Å². The summed E-state index contributed by atoms with van der Waals surface area (Å²) in [5.41, 5.74) is 1.79. The minimum Gasteiger partial charge on any atom is -0.493 e. The van der Waals surface area contributed by atoms with Crippen LogP contribution in [-0.2, 0) is 17.6 Å². The first kappa shape index (κ1) is 19.6. The van der Waals surface area contributed by atoms with Crippen molar-refractivity contribution in [3.63, 3.8) is 0 Å². The Morgan fingerprint density at radius 2 is 2.00 bits per heavy atom. The second kappa shape index (κ2) is 9.70. The Labute approximate surface area is 167 Å². The number of ether oxygens (including phenoxy) is 2. The number of hydrogen-bond donors (Lipinski definition) is 2. The van der Waals surface area contributed by atoms with Gasteiger partial charge >= 0.3 is 0 Å². The van der Waals surface area contributed by atoms with Crippen LogP contribution in [0.2, 0.25) is 0 Å². The van der Waals surface area contributed by atoms with Crippen molar-refractivity contribution >= 4 is 28.2 Å². The zero-order valence-corrected chi connectivity index (χ0v) is 16.6. The molecular formula is C20H22N4O3S. The highest BCUT2D eigenvalue weighted by atomic mass is 32.1. The number of anilines is 2. The second-order valence-electron chi connectivity index (χ2n) is 5.95. The Hall–Kier alpha value is -3.13. The molecule has 0 aliphatic rings. The summed E-state index contributed by atoms with van der Waals surface area (Å²) in [6.45, 7) is 0.539. The molecule has 8 heteroatoms. The SMILES string of the molecule is COc1ccc(CCNC(=O)Cc2csc(Nc3ccccn3)n2)cc1OC. The molecular weight excluding hydrogens is 376 g/mol. The Morgan fingerprint density at radius 1 is 1.14 bits per heavy atom. The average Bonchev–Trinajstić information content (AvgIpc) is 3.15. The van der Waals surface area contributed by atoms with Crippen LogP contribution < -0.4 is 20.1 Å². The third kappa shape index (κ3) is 5.43. The molecule has 0 aliphatic heterocycles. The zero-order valence-electron chi connectivity index (χ0n) is 15.8. The molecule has 28 heavy (non-hydrogen) atoms. The second-order valence-corrected chi connectivity index (χ2v) is 6.81. The highest BCUT2D eigenvalue weighted by Crippen LogP contribution is 2.27. The van der Waals surface area contributed by atoms with Crippen molar-refractivity contribution in [1.82, 2.24) is 15.3 Å². The lowest BCUT2D eigenvalue weighted by Gasteiger charge is -2.10. The van der Waals surface area contributed by atoms with Crippen LogP contribution in [0.25, 0.3) is 0 Å². The molecule has 1 aromatic carbocycles. The molecule has 0 atom stereocenters. The fourth-order valence-corrected chi connectivity index (χ4v) is 3.32. The van der Waals surface area contributed by atoms with E-state index >= 15 is 0 Å². The van der Waals surface area contributed by atoms with Crippen LogP contribution >= 0.6 is 11.3 Å². The molecule has 3 aromatic rings. The molecule has 0 aliphatic carbocycles. The van der Waals surface area contributed by atoms with Crippen LogP contribution in [0.5, 0.6) is 11.5 Å². The van der Waals surface area contributed by atoms with Gasteiger partial charge in [-0.25, -0.2) is 9.97 Å². The molecule has 0 saturated carbocycles. The van der Waals surface area contributed by atoms with Crippen molar-refractivity contribution in [2.24, 2.45) is 0 Å². The third-order valence-electron chi connectivity index (χ3n) is 3.98. The van der Waals surface area contributed by atoms with Gasteiger partial charge in [0.05, 0.1) is 26.3 Å². The van der Waals surface area contributed by atoms with Crippen molar-refractivity contribution in [1.29, 1.82) is 0 Å². The minimum absolute atomic E-state index is 0.0600. The average molecular weight is 398 g/mol. The number of hydrogen-bond acceptors (Lipinski definition) is 7. The Kier molecular flexibility index (Phi) is 6.80. The maximum absolute atomic E-state index is 12.2. The number of carbonyl (C=O) groups excluding carboxylic acids is 1. The van der Waals surface area contributed by atoms with Crippen LogP contribution in [0.1, 0.15) is 11.3 Å². The van der Waals surface area contributed by atoms with Gasteiger partial charge in [-0.15, -0.1) is 11.3 Å². The Bertz CT molecular complexity index is 915. The molecule has 2 heterocycles. The standard InChI is InChI=1S/C20H22N4O3S/c1-26-16-7-6-14(11-17(16)27-2)8-10-22-19(25)12-15-13-28-20(23-15)24-18-5-3-4-9-21-18/h3-7,9,11,13H,8,10,12H2,1-2H3,(H,22,25)(H,21,23,24). The van der Waals surface area contributed by atoms with Crippen LogP contribution in [0.4, 0.5) is 10.9 Å². The number of benzene rings is 1. The smallest absolute Gasteiger partial charge is 0.226 e. The van der Waals surface area contributed by atoms with Gasteiger partial charge in [0.2, 0.25) is 5.91 Å². The fourth-order valence-electron chi connectivity index (χ4n) is 2.60.